The minimum absolute atomic E-state index is 0.144. The van der Waals surface area contributed by atoms with E-state index >= 15 is 0 Å². The topological polar surface area (TPSA) is 87.4 Å². The van der Waals surface area contributed by atoms with Crippen LogP contribution in [0, 0.1) is 11.3 Å². The summed E-state index contributed by atoms with van der Waals surface area (Å²) < 4.78 is 7.14. The predicted molar refractivity (Wildman–Crippen MR) is 123 cm³/mol. The predicted octanol–water partition coefficient (Wildman–Crippen LogP) is 1.66. The van der Waals surface area contributed by atoms with Crippen molar-refractivity contribution < 1.29 is 9.53 Å². The number of carbonyl (C=O) groups excluding carboxylic acids is 1. The first-order valence-corrected chi connectivity index (χ1v) is 11.5. The number of benzene rings is 1. The molecule has 31 heavy (non-hydrogen) atoms. The van der Waals surface area contributed by atoms with E-state index in [1.807, 2.05) is 18.2 Å². The van der Waals surface area contributed by atoms with Crippen molar-refractivity contribution >= 4 is 34.8 Å². The zero-order valence-corrected chi connectivity index (χ0v) is 18.8. The Labute approximate surface area is 185 Å². The van der Waals surface area contributed by atoms with Gasteiger partial charge in [0.05, 0.1) is 6.61 Å². The number of esters is 1. The second-order valence-electron chi connectivity index (χ2n) is 7.32. The Kier molecular flexibility index (Phi) is 8.04. The summed E-state index contributed by atoms with van der Waals surface area (Å²) in [5.74, 6) is -0.710. The van der Waals surface area contributed by atoms with Gasteiger partial charge in [0.1, 0.15) is 15.3 Å². The van der Waals surface area contributed by atoms with Crippen molar-refractivity contribution in [2.75, 3.05) is 31.6 Å². The number of aromatic nitrogens is 1. The van der Waals surface area contributed by atoms with E-state index in [2.05, 4.69) is 22.3 Å². The lowest BCUT2D eigenvalue weighted by molar-refractivity contribution is -0.136. The van der Waals surface area contributed by atoms with Gasteiger partial charge in [-0.15, -0.1) is 11.3 Å². The number of hydrogen-bond donors (Lipinski definition) is 1. The maximum absolute atomic E-state index is 12.8. The number of nitrogens with one attached hydrogen (secondary N) is 1. The zero-order valence-electron chi connectivity index (χ0n) is 18.0. The highest BCUT2D eigenvalue weighted by molar-refractivity contribution is 7.07. The Morgan fingerprint density at radius 2 is 2.10 bits per heavy atom. The zero-order chi connectivity index (χ0) is 22.2. The third kappa shape index (κ3) is 5.63. The monoisotopic (exact) mass is 440 g/mol. The standard InChI is InChI=1S/C23H28N4O3S/c1-3-27-21(28)20(31-22(27)19(15-24)23(29)30-4-2)16-25-18-9-7-8-17(14-18)10-13-26-11-5-6-12-26/h7-9,14,16,25H,3-6,10-13H2,1-2H3/b20-16+,22-19-. The average Bonchev–Trinajstić information content (AvgIpc) is 3.40. The summed E-state index contributed by atoms with van der Waals surface area (Å²) in [6, 6.07) is 10.0. The number of nitrogens with zero attached hydrogens (tertiary/aromatic N) is 3. The molecule has 1 aliphatic heterocycles. The molecule has 1 N–H and O–H groups in total. The highest BCUT2D eigenvalue weighted by atomic mass is 32.1. The van der Waals surface area contributed by atoms with Gasteiger partial charge in [-0.3, -0.25) is 9.36 Å². The maximum Gasteiger partial charge on any atom is 0.351 e. The summed E-state index contributed by atoms with van der Waals surface area (Å²) in [7, 11) is 0. The number of hydrogen-bond acceptors (Lipinski definition) is 7. The number of thiazole rings is 1. The first kappa shape index (κ1) is 22.8. The van der Waals surface area contributed by atoms with Gasteiger partial charge in [-0.1, -0.05) is 12.1 Å². The molecule has 0 saturated carbocycles. The molecule has 8 heteroatoms. The van der Waals surface area contributed by atoms with Gasteiger partial charge in [-0.25, -0.2) is 4.79 Å². The van der Waals surface area contributed by atoms with Crippen LogP contribution in [-0.4, -0.2) is 41.7 Å². The highest BCUT2D eigenvalue weighted by Gasteiger charge is 2.16. The summed E-state index contributed by atoms with van der Waals surface area (Å²) in [6.45, 7) is 7.43. The van der Waals surface area contributed by atoms with Crippen LogP contribution in [0.25, 0.3) is 11.8 Å². The molecule has 0 aliphatic carbocycles. The lowest BCUT2D eigenvalue weighted by Crippen LogP contribution is -2.32. The maximum atomic E-state index is 12.8. The Bertz CT molecular complexity index is 1140. The first-order chi connectivity index (χ1) is 15.1. The van der Waals surface area contributed by atoms with Crippen molar-refractivity contribution in [3.63, 3.8) is 0 Å². The van der Waals surface area contributed by atoms with Crippen molar-refractivity contribution in [2.24, 2.45) is 0 Å². The van der Waals surface area contributed by atoms with Gasteiger partial charge in [0, 0.05) is 25.0 Å². The fraction of sp³-hybridized carbons (Fsp3) is 0.435. The minimum Gasteiger partial charge on any atom is -0.462 e. The molecular formula is C23H28N4O3S. The van der Waals surface area contributed by atoms with Gasteiger partial charge < -0.3 is 15.0 Å². The van der Waals surface area contributed by atoms with Crippen LogP contribution in [0.3, 0.4) is 0 Å². The molecule has 1 fully saturated rings. The normalized spacial score (nSPS) is 15.6. The molecule has 1 aromatic carbocycles. The summed E-state index contributed by atoms with van der Waals surface area (Å²) in [5, 5.41) is 12.6. The molecule has 0 radical (unpaired) electrons. The molecule has 3 rings (SSSR count). The van der Waals surface area contributed by atoms with Gasteiger partial charge >= 0.3 is 5.97 Å². The largest absolute Gasteiger partial charge is 0.462 e. The molecule has 164 valence electrons. The molecule has 7 nitrogen and oxygen atoms in total. The van der Waals surface area contributed by atoms with Crippen LogP contribution in [0.15, 0.2) is 29.1 Å². The molecular weight excluding hydrogens is 412 g/mol. The van der Waals surface area contributed by atoms with Gasteiger partial charge in [0.25, 0.3) is 5.56 Å². The number of carbonyl (C=O) groups is 1. The fourth-order valence-corrected chi connectivity index (χ4v) is 4.71. The van der Waals surface area contributed by atoms with E-state index in [0.29, 0.717) is 15.7 Å². The van der Waals surface area contributed by atoms with Crippen LogP contribution in [0.4, 0.5) is 5.69 Å². The van der Waals surface area contributed by atoms with Gasteiger partial charge in [-0.05, 0) is 63.9 Å². The van der Waals surface area contributed by atoms with E-state index in [1.54, 1.807) is 20.0 Å². The summed E-state index contributed by atoms with van der Waals surface area (Å²) in [5.41, 5.74) is 1.75. The molecule has 1 saturated heterocycles. The average molecular weight is 441 g/mol. The summed E-state index contributed by atoms with van der Waals surface area (Å²) >= 11 is 1.11. The lowest BCUT2D eigenvalue weighted by Gasteiger charge is -2.14. The van der Waals surface area contributed by atoms with Crippen LogP contribution in [0.2, 0.25) is 0 Å². The third-order valence-corrected chi connectivity index (χ3v) is 6.37. The lowest BCUT2D eigenvalue weighted by atomic mass is 10.1. The van der Waals surface area contributed by atoms with E-state index in [4.69, 9.17) is 4.74 Å². The van der Waals surface area contributed by atoms with E-state index in [9.17, 15) is 14.9 Å². The molecule has 2 aromatic rings. The van der Waals surface area contributed by atoms with E-state index in [1.165, 1.54) is 36.1 Å². The minimum atomic E-state index is -0.710. The van der Waals surface area contributed by atoms with E-state index < -0.39 is 5.97 Å². The van der Waals surface area contributed by atoms with Crippen LogP contribution >= 0.6 is 11.3 Å². The van der Waals surface area contributed by atoms with E-state index in [0.717, 1.165) is 30.0 Å². The molecule has 2 heterocycles. The van der Waals surface area contributed by atoms with Crippen molar-refractivity contribution in [3.8, 4) is 6.07 Å². The summed E-state index contributed by atoms with van der Waals surface area (Å²) in [6.07, 6.45) is 5.20. The Balaban J connectivity index is 1.85. The number of ether oxygens (including phenoxy) is 1. The Morgan fingerprint density at radius 1 is 1.32 bits per heavy atom. The molecule has 1 aliphatic rings. The number of nitriles is 1. The molecule has 1 aromatic heterocycles. The van der Waals surface area contributed by atoms with E-state index in [-0.39, 0.29) is 17.7 Å². The SMILES string of the molecule is CCOC(=O)/C(C#N)=c1\s/c(=C/Nc2cccc(CCN3CCCC3)c2)c(=O)n1CC. The van der Waals surface area contributed by atoms with Crippen LogP contribution in [-0.2, 0) is 22.5 Å². The number of anilines is 1. The first-order valence-electron chi connectivity index (χ1n) is 10.7. The second-order valence-corrected chi connectivity index (χ2v) is 8.35. The third-order valence-electron chi connectivity index (χ3n) is 5.24. The molecule has 0 bridgehead atoms. The quantitative estimate of drug-likeness (QED) is 0.628. The number of likely N-dealkylation sites (tertiary alicyclic amines) is 1. The smallest absolute Gasteiger partial charge is 0.351 e. The molecule has 0 atom stereocenters. The second kappa shape index (κ2) is 10.9. The van der Waals surface area contributed by atoms with Crippen LogP contribution < -0.4 is 20.1 Å². The van der Waals surface area contributed by atoms with Crippen molar-refractivity contribution in [2.45, 2.75) is 39.7 Å². The van der Waals surface area contributed by atoms with Crippen molar-refractivity contribution in [1.82, 2.24) is 9.47 Å². The Hall–Kier alpha value is -2.89. The van der Waals surface area contributed by atoms with Crippen molar-refractivity contribution in [3.05, 3.63) is 49.4 Å². The van der Waals surface area contributed by atoms with Crippen molar-refractivity contribution in [1.29, 1.82) is 5.26 Å². The van der Waals surface area contributed by atoms with Gasteiger partial charge in [-0.2, -0.15) is 5.26 Å². The van der Waals surface area contributed by atoms with Gasteiger partial charge in [0.2, 0.25) is 0 Å². The fourth-order valence-electron chi connectivity index (χ4n) is 3.64. The number of rotatable bonds is 8. The molecule has 0 unspecified atom stereocenters. The van der Waals surface area contributed by atoms with Gasteiger partial charge in [0.15, 0.2) is 5.57 Å². The molecule has 0 spiro atoms. The Morgan fingerprint density at radius 3 is 2.77 bits per heavy atom. The highest BCUT2D eigenvalue weighted by Crippen LogP contribution is 2.13. The van der Waals surface area contributed by atoms with Crippen LogP contribution in [0.1, 0.15) is 32.3 Å². The molecule has 0 amide bonds. The van der Waals surface area contributed by atoms with Crippen LogP contribution in [0.5, 0.6) is 0 Å². The summed E-state index contributed by atoms with van der Waals surface area (Å²) in [4.78, 5) is 27.4.